The van der Waals surface area contributed by atoms with E-state index >= 15 is 0 Å². The Morgan fingerprint density at radius 3 is 2.65 bits per heavy atom. The summed E-state index contributed by atoms with van der Waals surface area (Å²) in [6.07, 6.45) is 3.35. The third kappa shape index (κ3) is 5.23. The Bertz CT molecular complexity index is 551. The van der Waals surface area contributed by atoms with E-state index < -0.39 is 5.91 Å². The Hall–Kier alpha value is -2.11. The highest BCUT2D eigenvalue weighted by molar-refractivity contribution is 5.91. The molecule has 6 nitrogen and oxygen atoms in total. The lowest BCUT2D eigenvalue weighted by Gasteiger charge is -2.33. The number of carbonyl (C=O) groups excluding carboxylic acids is 2. The highest BCUT2D eigenvalue weighted by Crippen LogP contribution is 2.17. The van der Waals surface area contributed by atoms with Crippen LogP contribution in [-0.4, -0.2) is 40.8 Å². The van der Waals surface area contributed by atoms with Gasteiger partial charge in [-0.25, -0.2) is 4.98 Å². The van der Waals surface area contributed by atoms with Crippen LogP contribution in [0.25, 0.3) is 0 Å². The van der Waals surface area contributed by atoms with Crippen LogP contribution in [0, 0.1) is 5.92 Å². The van der Waals surface area contributed by atoms with Gasteiger partial charge in [-0.05, 0) is 37.3 Å². The van der Waals surface area contributed by atoms with Crippen molar-refractivity contribution in [2.45, 2.75) is 45.6 Å². The van der Waals surface area contributed by atoms with Crippen LogP contribution >= 0.6 is 0 Å². The summed E-state index contributed by atoms with van der Waals surface area (Å²) in [6.45, 7) is 5.81. The van der Waals surface area contributed by atoms with Crippen LogP contribution in [0.2, 0.25) is 0 Å². The maximum absolute atomic E-state index is 12.1. The van der Waals surface area contributed by atoms with E-state index in [1.54, 1.807) is 12.1 Å². The number of nitrogens with one attached hydrogen (secondary N) is 1. The maximum atomic E-state index is 12.1. The monoisotopic (exact) mass is 318 g/mol. The average Bonchev–Trinajstić information content (AvgIpc) is 2.53. The van der Waals surface area contributed by atoms with E-state index in [1.165, 1.54) is 0 Å². The zero-order chi connectivity index (χ0) is 16.8. The van der Waals surface area contributed by atoms with Crippen molar-refractivity contribution >= 4 is 17.6 Å². The quantitative estimate of drug-likeness (QED) is 0.840. The molecule has 0 aromatic carbocycles. The normalized spacial score (nSPS) is 15.7. The van der Waals surface area contributed by atoms with Gasteiger partial charge in [-0.3, -0.25) is 9.59 Å². The molecule has 0 bridgehead atoms. The first kappa shape index (κ1) is 17.2. The molecule has 1 aromatic rings. The largest absolute Gasteiger partial charge is 0.367 e. The molecule has 1 saturated heterocycles. The van der Waals surface area contributed by atoms with Crippen molar-refractivity contribution < 1.29 is 9.59 Å². The number of nitrogens with two attached hydrogens (primary N) is 1. The summed E-state index contributed by atoms with van der Waals surface area (Å²) < 4.78 is 0. The van der Waals surface area contributed by atoms with Crippen LogP contribution in [-0.2, 0) is 4.79 Å². The summed E-state index contributed by atoms with van der Waals surface area (Å²) in [6, 6.07) is 5.45. The Kier molecular flexibility index (Phi) is 5.96. The summed E-state index contributed by atoms with van der Waals surface area (Å²) in [5, 5.41) is 3.33. The molecule has 6 heteroatoms. The lowest BCUT2D eigenvalue weighted by Crippen LogP contribution is -2.42. The second-order valence-corrected chi connectivity index (χ2v) is 6.50. The molecule has 2 amide bonds. The number of piperidine rings is 1. The second kappa shape index (κ2) is 7.94. The number of nitrogens with zero attached hydrogens (tertiary/aromatic N) is 2. The molecule has 0 saturated carbocycles. The zero-order valence-corrected chi connectivity index (χ0v) is 13.9. The molecule has 1 aliphatic rings. The highest BCUT2D eigenvalue weighted by Gasteiger charge is 2.22. The minimum atomic E-state index is -0.529. The minimum absolute atomic E-state index is 0.256. The van der Waals surface area contributed by atoms with Crippen LogP contribution in [0.3, 0.4) is 0 Å². The Balaban J connectivity index is 1.81. The average molecular weight is 318 g/mol. The number of aromatic nitrogens is 1. The minimum Gasteiger partial charge on any atom is -0.367 e. The van der Waals surface area contributed by atoms with E-state index in [0.717, 1.165) is 32.4 Å². The molecule has 0 atom stereocenters. The van der Waals surface area contributed by atoms with Crippen molar-refractivity contribution in [1.29, 1.82) is 0 Å². The molecule has 1 aliphatic heterocycles. The van der Waals surface area contributed by atoms with Gasteiger partial charge < -0.3 is 16.0 Å². The van der Waals surface area contributed by atoms with Crippen LogP contribution in [0.1, 0.15) is 50.0 Å². The molecule has 0 aliphatic carbocycles. The number of amides is 2. The van der Waals surface area contributed by atoms with Gasteiger partial charge in [0, 0.05) is 25.6 Å². The number of anilines is 1. The number of hydrogen-bond acceptors (Lipinski definition) is 4. The second-order valence-electron chi connectivity index (χ2n) is 6.50. The summed E-state index contributed by atoms with van der Waals surface area (Å²) >= 11 is 0. The molecule has 0 unspecified atom stereocenters. The number of pyridine rings is 1. The predicted molar refractivity (Wildman–Crippen MR) is 90.1 cm³/mol. The Morgan fingerprint density at radius 2 is 2.04 bits per heavy atom. The van der Waals surface area contributed by atoms with E-state index in [-0.39, 0.29) is 17.6 Å². The standard InChI is InChI=1S/C17H26N4O2/c1-12(2)6-7-16(22)21-10-8-13(9-11-21)19-15-5-3-4-14(20-15)17(18)23/h3-5,12-13H,6-11H2,1-2H3,(H2,18,23)(H,19,20). The van der Waals surface area contributed by atoms with Gasteiger partial charge in [-0.1, -0.05) is 19.9 Å². The van der Waals surface area contributed by atoms with E-state index in [4.69, 9.17) is 5.73 Å². The van der Waals surface area contributed by atoms with E-state index in [0.29, 0.717) is 18.2 Å². The van der Waals surface area contributed by atoms with Gasteiger partial charge in [-0.15, -0.1) is 0 Å². The van der Waals surface area contributed by atoms with Gasteiger partial charge in [0.05, 0.1) is 0 Å². The van der Waals surface area contributed by atoms with Crippen molar-refractivity contribution in [3.63, 3.8) is 0 Å². The Morgan fingerprint density at radius 1 is 1.35 bits per heavy atom. The summed E-state index contributed by atoms with van der Waals surface area (Å²) in [4.78, 5) is 29.4. The van der Waals surface area contributed by atoms with Gasteiger partial charge in [0.25, 0.3) is 5.91 Å². The Labute approximate surface area is 137 Å². The molecule has 2 heterocycles. The third-order valence-corrected chi connectivity index (χ3v) is 4.14. The lowest BCUT2D eigenvalue weighted by molar-refractivity contribution is -0.132. The molecule has 2 rings (SSSR count). The topological polar surface area (TPSA) is 88.3 Å². The van der Waals surface area contributed by atoms with Crippen molar-refractivity contribution in [3.8, 4) is 0 Å². The molecule has 0 spiro atoms. The molecule has 23 heavy (non-hydrogen) atoms. The first-order chi connectivity index (χ1) is 11.0. The molecular weight excluding hydrogens is 292 g/mol. The van der Waals surface area contributed by atoms with Crippen molar-refractivity contribution in [3.05, 3.63) is 23.9 Å². The molecule has 0 radical (unpaired) electrons. The zero-order valence-electron chi connectivity index (χ0n) is 13.9. The fourth-order valence-corrected chi connectivity index (χ4v) is 2.70. The number of primary amides is 1. The number of likely N-dealkylation sites (tertiary alicyclic amines) is 1. The van der Waals surface area contributed by atoms with Crippen molar-refractivity contribution in [2.24, 2.45) is 11.7 Å². The smallest absolute Gasteiger partial charge is 0.267 e. The van der Waals surface area contributed by atoms with Crippen LogP contribution in [0.4, 0.5) is 5.82 Å². The van der Waals surface area contributed by atoms with E-state index in [1.807, 2.05) is 11.0 Å². The number of rotatable bonds is 6. The van der Waals surface area contributed by atoms with Crippen molar-refractivity contribution in [1.82, 2.24) is 9.88 Å². The van der Waals surface area contributed by atoms with Crippen LogP contribution in [0.15, 0.2) is 18.2 Å². The number of hydrogen-bond donors (Lipinski definition) is 2. The fraction of sp³-hybridized carbons (Fsp3) is 0.588. The first-order valence-corrected chi connectivity index (χ1v) is 8.27. The lowest BCUT2D eigenvalue weighted by atomic mass is 10.0. The molecule has 1 fully saturated rings. The third-order valence-electron chi connectivity index (χ3n) is 4.14. The predicted octanol–water partition coefficient (Wildman–Crippen LogP) is 2.02. The van der Waals surface area contributed by atoms with Crippen LogP contribution in [0.5, 0.6) is 0 Å². The molecule has 126 valence electrons. The van der Waals surface area contributed by atoms with Gasteiger partial charge in [0.2, 0.25) is 5.91 Å². The van der Waals surface area contributed by atoms with E-state index in [2.05, 4.69) is 24.1 Å². The highest BCUT2D eigenvalue weighted by atomic mass is 16.2. The summed E-state index contributed by atoms with van der Waals surface area (Å²) in [5.74, 6) is 0.942. The van der Waals surface area contributed by atoms with Gasteiger partial charge in [0.1, 0.15) is 11.5 Å². The molecule has 1 aromatic heterocycles. The van der Waals surface area contributed by atoms with Crippen molar-refractivity contribution in [2.75, 3.05) is 18.4 Å². The number of carbonyl (C=O) groups is 2. The van der Waals surface area contributed by atoms with Gasteiger partial charge in [0.15, 0.2) is 0 Å². The van der Waals surface area contributed by atoms with Gasteiger partial charge in [-0.2, -0.15) is 0 Å². The van der Waals surface area contributed by atoms with Gasteiger partial charge >= 0.3 is 0 Å². The summed E-state index contributed by atoms with van der Waals surface area (Å²) in [7, 11) is 0. The maximum Gasteiger partial charge on any atom is 0.267 e. The molecular formula is C17H26N4O2. The van der Waals surface area contributed by atoms with Crippen LogP contribution < -0.4 is 11.1 Å². The SMILES string of the molecule is CC(C)CCC(=O)N1CCC(Nc2cccc(C(N)=O)n2)CC1. The molecule has 3 N–H and O–H groups in total. The van der Waals surface area contributed by atoms with E-state index in [9.17, 15) is 9.59 Å². The summed E-state index contributed by atoms with van der Waals surface area (Å²) in [5.41, 5.74) is 5.50. The fourth-order valence-electron chi connectivity index (χ4n) is 2.70. The first-order valence-electron chi connectivity index (χ1n) is 8.27.